The first-order valence-corrected chi connectivity index (χ1v) is 14.4. The summed E-state index contributed by atoms with van der Waals surface area (Å²) < 4.78 is 56.5. The average molecular weight is 579 g/mol. The van der Waals surface area contributed by atoms with E-state index in [2.05, 4.69) is 4.98 Å². The summed E-state index contributed by atoms with van der Waals surface area (Å²) in [6.45, 7) is 4.82. The lowest BCUT2D eigenvalue weighted by Gasteiger charge is -2.14. The Balaban J connectivity index is 1.82. The van der Waals surface area contributed by atoms with E-state index in [0.717, 1.165) is 6.26 Å². The van der Waals surface area contributed by atoms with Crippen molar-refractivity contribution in [3.63, 3.8) is 0 Å². The minimum atomic E-state index is -3.70. The van der Waals surface area contributed by atoms with Crippen LogP contribution < -0.4 is 0 Å². The molecule has 1 N–H and O–H groups in total. The van der Waals surface area contributed by atoms with Crippen LogP contribution in [0, 0.1) is 11.6 Å². The Hall–Kier alpha value is -2.78. The van der Waals surface area contributed by atoms with Gasteiger partial charge in [-0.2, -0.15) is 0 Å². The molecule has 3 aromatic carbocycles. The van der Waals surface area contributed by atoms with E-state index in [-0.39, 0.29) is 34.6 Å². The van der Waals surface area contributed by atoms with E-state index in [1.807, 2.05) is 0 Å². The van der Waals surface area contributed by atoms with Crippen molar-refractivity contribution in [3.05, 3.63) is 99.1 Å². The number of aliphatic hydroxyl groups is 1. The topological polar surface area (TPSA) is 72.2 Å². The summed E-state index contributed by atoms with van der Waals surface area (Å²) in [7, 11) is -3.70. The summed E-state index contributed by atoms with van der Waals surface area (Å²) in [4.78, 5) is 4.43. The first kappa shape index (κ1) is 28.2. The van der Waals surface area contributed by atoms with Gasteiger partial charge in [0.15, 0.2) is 9.84 Å². The molecule has 0 fully saturated rings. The molecular formula is C28H26Cl2F2N2O3S. The lowest BCUT2D eigenvalue weighted by Crippen LogP contribution is -2.16. The van der Waals surface area contributed by atoms with E-state index < -0.39 is 27.1 Å². The highest BCUT2D eigenvalue weighted by atomic mass is 35.5. The number of hydrogen-bond donors (Lipinski definition) is 1. The van der Waals surface area contributed by atoms with E-state index in [9.17, 15) is 17.9 Å². The second-order valence-electron chi connectivity index (χ2n) is 9.61. The van der Waals surface area contributed by atoms with Gasteiger partial charge < -0.3 is 9.67 Å². The van der Waals surface area contributed by atoms with E-state index in [1.165, 1.54) is 28.8 Å². The van der Waals surface area contributed by atoms with E-state index >= 15 is 4.39 Å². The van der Waals surface area contributed by atoms with Crippen LogP contribution in [0.2, 0.25) is 10.0 Å². The highest BCUT2D eigenvalue weighted by Crippen LogP contribution is 2.32. The van der Waals surface area contributed by atoms with Gasteiger partial charge in [0.25, 0.3) is 0 Å². The number of halogens is 4. The predicted molar refractivity (Wildman–Crippen MR) is 146 cm³/mol. The van der Waals surface area contributed by atoms with Crippen molar-refractivity contribution in [1.82, 2.24) is 9.55 Å². The predicted octanol–water partition coefficient (Wildman–Crippen LogP) is 6.91. The molecule has 0 aliphatic carbocycles. The van der Waals surface area contributed by atoms with Crippen molar-refractivity contribution in [2.24, 2.45) is 0 Å². The summed E-state index contributed by atoms with van der Waals surface area (Å²) in [5, 5.41) is 11.5. The Morgan fingerprint density at radius 1 is 1.00 bits per heavy atom. The summed E-state index contributed by atoms with van der Waals surface area (Å²) in [5.41, 5.74) is 0.533. The minimum Gasteiger partial charge on any atom is -0.384 e. The molecule has 0 atom stereocenters. The molecule has 4 rings (SSSR count). The SMILES string of the molecule is CCc1c(F)cc(-c2ccc(-n3cc(C(C)(C)O)nc3Cc3ccc(Cl)cc3Cl)c(F)c2)cc1S(C)(=O)=O. The monoisotopic (exact) mass is 578 g/mol. The van der Waals surface area contributed by atoms with Crippen LogP contribution >= 0.6 is 23.2 Å². The van der Waals surface area contributed by atoms with Crippen LogP contribution in [-0.2, 0) is 28.3 Å². The molecule has 0 amide bonds. The van der Waals surface area contributed by atoms with E-state index in [0.29, 0.717) is 32.7 Å². The molecule has 200 valence electrons. The highest BCUT2D eigenvalue weighted by molar-refractivity contribution is 7.90. The Bertz CT molecular complexity index is 1640. The van der Waals surface area contributed by atoms with Gasteiger partial charge in [-0.05, 0) is 73.4 Å². The smallest absolute Gasteiger partial charge is 0.175 e. The molecule has 0 aliphatic rings. The maximum atomic E-state index is 15.6. The molecule has 0 radical (unpaired) electrons. The average Bonchev–Trinajstić information content (AvgIpc) is 3.24. The van der Waals surface area contributed by atoms with Gasteiger partial charge in [0.05, 0.1) is 16.3 Å². The third-order valence-corrected chi connectivity index (χ3v) is 7.97. The molecule has 0 bridgehead atoms. The number of nitrogens with zero attached hydrogens (tertiary/aromatic N) is 2. The Morgan fingerprint density at radius 2 is 1.68 bits per heavy atom. The third-order valence-electron chi connectivity index (χ3n) is 6.22. The fourth-order valence-corrected chi connectivity index (χ4v) is 5.72. The zero-order valence-corrected chi connectivity index (χ0v) is 23.5. The zero-order chi connectivity index (χ0) is 28.0. The molecule has 1 heterocycles. The Morgan fingerprint density at radius 3 is 2.26 bits per heavy atom. The summed E-state index contributed by atoms with van der Waals surface area (Å²) in [6.07, 6.45) is 3.00. The lowest BCUT2D eigenvalue weighted by atomic mass is 10.0. The van der Waals surface area contributed by atoms with Crippen molar-refractivity contribution in [2.75, 3.05) is 6.26 Å². The molecule has 0 saturated carbocycles. The highest BCUT2D eigenvalue weighted by Gasteiger charge is 2.24. The first-order chi connectivity index (χ1) is 17.7. The molecule has 10 heteroatoms. The van der Waals surface area contributed by atoms with E-state index in [1.54, 1.807) is 51.2 Å². The maximum absolute atomic E-state index is 15.6. The van der Waals surface area contributed by atoms with Crippen LogP contribution in [0.3, 0.4) is 0 Å². The Kier molecular flexibility index (Phi) is 7.74. The van der Waals surface area contributed by atoms with Gasteiger partial charge >= 0.3 is 0 Å². The lowest BCUT2D eigenvalue weighted by molar-refractivity contribution is 0.0741. The Labute approximate surface area is 230 Å². The van der Waals surface area contributed by atoms with Crippen molar-refractivity contribution in [3.8, 4) is 16.8 Å². The second-order valence-corrected chi connectivity index (χ2v) is 12.4. The van der Waals surface area contributed by atoms with Crippen molar-refractivity contribution < 1.29 is 22.3 Å². The van der Waals surface area contributed by atoms with Crippen LogP contribution in [-0.4, -0.2) is 29.3 Å². The van der Waals surface area contributed by atoms with E-state index in [4.69, 9.17) is 23.2 Å². The van der Waals surface area contributed by atoms with Gasteiger partial charge in [-0.3, -0.25) is 0 Å². The molecule has 38 heavy (non-hydrogen) atoms. The first-order valence-electron chi connectivity index (χ1n) is 11.8. The van der Waals surface area contributed by atoms with Crippen LogP contribution in [0.4, 0.5) is 8.78 Å². The van der Waals surface area contributed by atoms with Gasteiger partial charge in [-0.1, -0.05) is 42.3 Å². The molecule has 4 aromatic rings. The van der Waals surface area contributed by atoms with Gasteiger partial charge in [0.2, 0.25) is 0 Å². The molecule has 5 nitrogen and oxygen atoms in total. The summed E-state index contributed by atoms with van der Waals surface area (Å²) in [6, 6.07) is 11.9. The maximum Gasteiger partial charge on any atom is 0.175 e. The molecule has 0 spiro atoms. The number of benzene rings is 3. The van der Waals surface area contributed by atoms with Crippen LogP contribution in [0.1, 0.15) is 43.4 Å². The van der Waals surface area contributed by atoms with Crippen molar-refractivity contribution in [2.45, 2.75) is 44.1 Å². The summed E-state index contributed by atoms with van der Waals surface area (Å²) >= 11 is 12.4. The standard InChI is InChI=1S/C28H26Cl2F2N2O3S/c1-5-20-22(31)11-18(12-25(20)38(4,36)37)16-7-9-24(23(32)10-16)34-15-26(28(2,3)35)33-27(34)13-17-6-8-19(29)14-21(17)30/h6-12,14-15,35H,5,13H2,1-4H3. The third kappa shape index (κ3) is 5.78. The molecule has 0 aliphatic heterocycles. The molecule has 0 unspecified atom stereocenters. The number of rotatable bonds is 7. The second kappa shape index (κ2) is 10.4. The normalized spacial score (nSPS) is 12.2. The number of aromatic nitrogens is 2. The van der Waals surface area contributed by atoms with Crippen LogP contribution in [0.5, 0.6) is 0 Å². The van der Waals surface area contributed by atoms with Crippen LogP contribution in [0.15, 0.2) is 59.6 Å². The number of imidazole rings is 1. The quantitative estimate of drug-likeness (QED) is 0.258. The van der Waals surface area contributed by atoms with Crippen molar-refractivity contribution in [1.29, 1.82) is 0 Å². The fraction of sp³-hybridized carbons (Fsp3) is 0.250. The molecule has 0 saturated heterocycles. The van der Waals surface area contributed by atoms with Gasteiger partial charge in [-0.25, -0.2) is 22.2 Å². The fourth-order valence-electron chi connectivity index (χ4n) is 4.22. The molecular weight excluding hydrogens is 553 g/mol. The summed E-state index contributed by atoms with van der Waals surface area (Å²) in [5.74, 6) is -0.885. The van der Waals surface area contributed by atoms with Crippen molar-refractivity contribution >= 4 is 33.0 Å². The van der Waals surface area contributed by atoms with Gasteiger partial charge in [0, 0.05) is 34.5 Å². The largest absolute Gasteiger partial charge is 0.384 e. The van der Waals surface area contributed by atoms with Gasteiger partial charge in [0.1, 0.15) is 23.1 Å². The van der Waals surface area contributed by atoms with Crippen LogP contribution in [0.25, 0.3) is 16.8 Å². The minimum absolute atomic E-state index is 0.0939. The molecule has 1 aromatic heterocycles. The zero-order valence-electron chi connectivity index (χ0n) is 21.2. The van der Waals surface area contributed by atoms with Gasteiger partial charge in [-0.15, -0.1) is 0 Å². The number of sulfone groups is 1. The number of hydrogen-bond acceptors (Lipinski definition) is 4.